The minimum atomic E-state index is -3.37. The van der Waals surface area contributed by atoms with E-state index < -0.39 is 9.84 Å². The molecule has 4 aromatic rings. The maximum absolute atomic E-state index is 11.8. The van der Waals surface area contributed by atoms with Crippen molar-refractivity contribution in [2.45, 2.75) is 50.5 Å². The number of hydrogen-bond donors (Lipinski definition) is 1. The van der Waals surface area contributed by atoms with Gasteiger partial charge in [-0.15, -0.1) is 0 Å². The van der Waals surface area contributed by atoms with E-state index in [2.05, 4.69) is 48.4 Å². The Morgan fingerprint density at radius 3 is 2.39 bits per heavy atom. The van der Waals surface area contributed by atoms with Crippen molar-refractivity contribution in [3.05, 3.63) is 60.2 Å². The van der Waals surface area contributed by atoms with Crippen LogP contribution < -0.4 is 10.2 Å². The van der Waals surface area contributed by atoms with Gasteiger partial charge in [0.05, 0.1) is 17.6 Å². The number of sulfone groups is 1. The maximum Gasteiger partial charge on any atom is 0.225 e. The molecular formula is C25H30N8O2S. The molecule has 0 atom stereocenters. The van der Waals surface area contributed by atoms with E-state index in [1.807, 2.05) is 24.8 Å². The number of pyridine rings is 1. The summed E-state index contributed by atoms with van der Waals surface area (Å²) >= 11 is 0. The molecule has 11 heteroatoms. The van der Waals surface area contributed by atoms with Gasteiger partial charge in [-0.25, -0.2) is 33.3 Å². The molecule has 5 heterocycles. The van der Waals surface area contributed by atoms with Gasteiger partial charge in [0.25, 0.3) is 0 Å². The summed E-state index contributed by atoms with van der Waals surface area (Å²) < 4.78 is 25.7. The summed E-state index contributed by atoms with van der Waals surface area (Å²) in [4.78, 5) is 24.9. The number of fused-ring (bicyclic) bond motifs is 1. The number of aromatic nitrogens is 6. The van der Waals surface area contributed by atoms with Crippen molar-refractivity contribution in [3.63, 3.8) is 0 Å². The third-order valence-corrected chi connectivity index (χ3v) is 7.64. The van der Waals surface area contributed by atoms with Gasteiger partial charge in [-0.1, -0.05) is 13.8 Å². The Labute approximate surface area is 210 Å². The van der Waals surface area contributed by atoms with Gasteiger partial charge in [0.1, 0.15) is 11.3 Å². The molecule has 0 spiro atoms. The summed E-state index contributed by atoms with van der Waals surface area (Å²) in [7, 11) is -3.37. The molecule has 1 saturated heterocycles. The number of hydrogen-bond acceptors (Lipinski definition) is 9. The molecule has 0 amide bonds. The second-order valence-electron chi connectivity index (χ2n) is 9.56. The summed E-state index contributed by atoms with van der Waals surface area (Å²) in [5, 5.41) is 3.35. The van der Waals surface area contributed by atoms with Crippen LogP contribution in [0.3, 0.4) is 0 Å². The second kappa shape index (κ2) is 9.45. The van der Waals surface area contributed by atoms with E-state index in [0.29, 0.717) is 29.0 Å². The molecule has 0 radical (unpaired) electrons. The highest BCUT2D eigenvalue weighted by atomic mass is 32.2. The molecule has 0 saturated carbocycles. The normalized spacial score (nSPS) is 15.1. The first-order chi connectivity index (χ1) is 17.2. The molecule has 10 nitrogen and oxygen atoms in total. The van der Waals surface area contributed by atoms with Crippen molar-refractivity contribution in [1.82, 2.24) is 29.3 Å². The Hall–Kier alpha value is -3.60. The lowest BCUT2D eigenvalue weighted by atomic mass is 9.96. The monoisotopic (exact) mass is 506 g/mol. The summed E-state index contributed by atoms with van der Waals surface area (Å²) in [6.07, 6.45) is 12.4. The van der Waals surface area contributed by atoms with Crippen LogP contribution in [0, 0.1) is 6.92 Å². The molecule has 4 aromatic heterocycles. The Morgan fingerprint density at radius 2 is 1.75 bits per heavy atom. The van der Waals surface area contributed by atoms with E-state index in [0.717, 1.165) is 55.0 Å². The summed E-state index contributed by atoms with van der Waals surface area (Å²) in [6.45, 7) is 7.79. The van der Waals surface area contributed by atoms with E-state index in [9.17, 15) is 8.42 Å². The molecule has 1 aliphatic rings. The van der Waals surface area contributed by atoms with Crippen LogP contribution in [0.5, 0.6) is 0 Å². The van der Waals surface area contributed by atoms with E-state index in [-0.39, 0.29) is 5.03 Å². The topological polar surface area (TPSA) is 118 Å². The zero-order valence-electron chi connectivity index (χ0n) is 20.9. The van der Waals surface area contributed by atoms with Crippen LogP contribution in [0.4, 0.5) is 17.5 Å². The minimum absolute atomic E-state index is 0.0518. The fourth-order valence-electron chi connectivity index (χ4n) is 4.48. The van der Waals surface area contributed by atoms with Gasteiger partial charge in [-0.2, -0.15) is 0 Å². The molecule has 1 aliphatic heterocycles. The van der Waals surface area contributed by atoms with Crippen molar-refractivity contribution in [3.8, 4) is 0 Å². The summed E-state index contributed by atoms with van der Waals surface area (Å²) in [5.41, 5.74) is 3.28. The van der Waals surface area contributed by atoms with Gasteiger partial charge in [-0.05, 0) is 43.4 Å². The van der Waals surface area contributed by atoms with Crippen LogP contribution in [0.15, 0.2) is 48.1 Å². The van der Waals surface area contributed by atoms with Crippen molar-refractivity contribution >= 4 is 32.8 Å². The zero-order chi connectivity index (χ0) is 25.4. The van der Waals surface area contributed by atoms with Crippen molar-refractivity contribution in [1.29, 1.82) is 0 Å². The molecule has 0 aromatic carbocycles. The SMILES string of the molecule is Cc1nc(S(C)(=O)=O)ccc1Nc1nccn2c(C3CCN(c4ncc(C(C)C)cn4)CC3)ncc12. The molecule has 188 valence electrons. The lowest BCUT2D eigenvalue weighted by Crippen LogP contribution is -2.34. The summed E-state index contributed by atoms with van der Waals surface area (Å²) in [6, 6.07) is 3.22. The molecule has 0 aliphatic carbocycles. The molecule has 1 N–H and O–H groups in total. The predicted molar refractivity (Wildman–Crippen MR) is 139 cm³/mol. The van der Waals surface area contributed by atoms with Gasteiger partial charge in [0.15, 0.2) is 20.7 Å². The number of anilines is 3. The first kappa shape index (κ1) is 24.1. The predicted octanol–water partition coefficient (Wildman–Crippen LogP) is 3.88. The van der Waals surface area contributed by atoms with Crippen molar-refractivity contribution < 1.29 is 8.42 Å². The smallest absolute Gasteiger partial charge is 0.225 e. The van der Waals surface area contributed by atoms with Crippen molar-refractivity contribution in [2.75, 3.05) is 29.6 Å². The lowest BCUT2D eigenvalue weighted by molar-refractivity contribution is 0.479. The second-order valence-corrected chi connectivity index (χ2v) is 11.5. The van der Waals surface area contributed by atoms with E-state index in [1.54, 1.807) is 19.2 Å². The Bertz CT molecular complexity index is 1490. The Kier molecular flexibility index (Phi) is 6.33. The van der Waals surface area contributed by atoms with E-state index in [1.165, 1.54) is 6.07 Å². The third kappa shape index (κ3) is 4.75. The average molecular weight is 507 g/mol. The quantitative estimate of drug-likeness (QED) is 0.415. The molecular weight excluding hydrogens is 476 g/mol. The first-order valence-electron chi connectivity index (χ1n) is 12.0. The van der Waals surface area contributed by atoms with Gasteiger partial charge in [-0.3, -0.25) is 4.40 Å². The average Bonchev–Trinajstić information content (AvgIpc) is 3.30. The largest absolute Gasteiger partial charge is 0.341 e. The first-order valence-corrected chi connectivity index (χ1v) is 13.9. The number of aryl methyl sites for hydroxylation is 1. The van der Waals surface area contributed by atoms with Crippen LogP contribution >= 0.6 is 0 Å². The van der Waals surface area contributed by atoms with Gasteiger partial charge in [0, 0.05) is 50.1 Å². The van der Waals surface area contributed by atoms with E-state index in [4.69, 9.17) is 4.98 Å². The highest BCUT2D eigenvalue weighted by Crippen LogP contribution is 2.31. The molecule has 0 unspecified atom stereocenters. The summed E-state index contributed by atoms with van der Waals surface area (Å²) in [5.74, 6) is 3.16. The Morgan fingerprint density at radius 1 is 1.03 bits per heavy atom. The third-order valence-electron chi connectivity index (χ3n) is 6.65. The Balaban J connectivity index is 1.32. The van der Waals surface area contributed by atoms with Gasteiger partial charge >= 0.3 is 0 Å². The number of imidazole rings is 1. The number of piperidine rings is 1. The molecule has 0 bridgehead atoms. The molecule has 1 fully saturated rings. The van der Waals surface area contributed by atoms with Gasteiger partial charge < -0.3 is 10.2 Å². The highest BCUT2D eigenvalue weighted by Gasteiger charge is 2.26. The minimum Gasteiger partial charge on any atom is -0.341 e. The van der Waals surface area contributed by atoms with Crippen LogP contribution in [-0.2, 0) is 9.84 Å². The highest BCUT2D eigenvalue weighted by molar-refractivity contribution is 7.90. The van der Waals surface area contributed by atoms with Crippen molar-refractivity contribution in [2.24, 2.45) is 0 Å². The number of nitrogens with zero attached hydrogens (tertiary/aromatic N) is 7. The van der Waals surface area contributed by atoms with Crippen LogP contribution in [0.2, 0.25) is 0 Å². The molecule has 36 heavy (non-hydrogen) atoms. The molecule has 5 rings (SSSR count). The lowest BCUT2D eigenvalue weighted by Gasteiger charge is -2.31. The fraction of sp³-hybridized carbons (Fsp3) is 0.400. The number of nitrogens with one attached hydrogen (secondary N) is 1. The number of rotatable bonds is 6. The maximum atomic E-state index is 11.8. The van der Waals surface area contributed by atoms with Crippen LogP contribution in [0.25, 0.3) is 5.52 Å². The standard InChI is InChI=1S/C25H30N8O2S/c1-16(2)19-13-28-25(29-14-19)32-10-7-18(8-11-32)24-27-15-21-23(26-9-12-33(21)24)31-20-5-6-22(30-17(20)3)36(4,34)35/h5-6,9,12-16,18H,7-8,10-11H2,1-4H3,(H,26,31). The van der Waals surface area contributed by atoms with Gasteiger partial charge in [0.2, 0.25) is 5.95 Å². The van der Waals surface area contributed by atoms with Crippen LogP contribution in [-0.4, -0.2) is 57.1 Å². The van der Waals surface area contributed by atoms with Crippen LogP contribution in [0.1, 0.15) is 55.6 Å². The fourth-order valence-corrected chi connectivity index (χ4v) is 5.10. The van der Waals surface area contributed by atoms with E-state index >= 15 is 0 Å². The zero-order valence-corrected chi connectivity index (χ0v) is 21.7.